The summed E-state index contributed by atoms with van der Waals surface area (Å²) in [6, 6.07) is 7.86. The van der Waals surface area contributed by atoms with Crippen LogP contribution in [0, 0.1) is 11.3 Å². The van der Waals surface area contributed by atoms with Crippen molar-refractivity contribution in [1.29, 1.82) is 5.26 Å². The third kappa shape index (κ3) is 2.74. The number of anilines is 1. The Morgan fingerprint density at radius 1 is 1.25 bits per heavy atom. The lowest BCUT2D eigenvalue weighted by molar-refractivity contribution is 0.171. The van der Waals surface area contributed by atoms with Crippen LogP contribution in [0.25, 0.3) is 0 Å². The number of hydrogen-bond acceptors (Lipinski definition) is 5. The second kappa shape index (κ2) is 5.73. The SMILES string of the molecule is N#Cc1csc(CNc2cc3c(cc2Br)OCCO3)c1. The Balaban J connectivity index is 1.75. The van der Waals surface area contributed by atoms with Crippen molar-refractivity contribution in [2.45, 2.75) is 6.54 Å². The number of ether oxygens (including phenoxy) is 2. The molecule has 20 heavy (non-hydrogen) atoms. The second-order valence-electron chi connectivity index (χ2n) is 4.24. The van der Waals surface area contributed by atoms with Gasteiger partial charge in [-0.1, -0.05) is 0 Å². The van der Waals surface area contributed by atoms with E-state index in [1.54, 1.807) is 11.3 Å². The van der Waals surface area contributed by atoms with Crippen molar-refractivity contribution >= 4 is 33.0 Å². The number of nitrogens with zero attached hydrogens (tertiary/aromatic N) is 1. The molecule has 0 aliphatic carbocycles. The van der Waals surface area contributed by atoms with Gasteiger partial charge in [0.15, 0.2) is 11.5 Å². The molecule has 2 aromatic rings. The van der Waals surface area contributed by atoms with E-state index in [4.69, 9.17) is 14.7 Å². The first-order chi connectivity index (χ1) is 9.76. The third-order valence-corrected chi connectivity index (χ3v) is 4.46. The van der Waals surface area contributed by atoms with Gasteiger partial charge in [0.05, 0.1) is 11.3 Å². The Kier molecular flexibility index (Phi) is 3.81. The molecule has 0 spiro atoms. The van der Waals surface area contributed by atoms with E-state index in [-0.39, 0.29) is 0 Å². The predicted octanol–water partition coefficient (Wildman–Crippen LogP) is 3.77. The molecule has 4 nitrogen and oxygen atoms in total. The van der Waals surface area contributed by atoms with Crippen LogP contribution < -0.4 is 14.8 Å². The standard InChI is InChI=1S/C14H11BrN2O2S/c15-11-4-13-14(19-2-1-18-13)5-12(11)17-7-10-3-9(6-16)8-20-10/h3-5,8,17H,1-2,7H2. The zero-order valence-corrected chi connectivity index (χ0v) is 12.9. The summed E-state index contributed by atoms with van der Waals surface area (Å²) in [6.07, 6.45) is 0. The first-order valence-electron chi connectivity index (χ1n) is 6.07. The maximum Gasteiger partial charge on any atom is 0.163 e. The van der Waals surface area contributed by atoms with Crippen LogP contribution in [0.1, 0.15) is 10.4 Å². The van der Waals surface area contributed by atoms with Crippen molar-refractivity contribution in [3.63, 3.8) is 0 Å². The van der Waals surface area contributed by atoms with Gasteiger partial charge in [0, 0.05) is 33.4 Å². The zero-order chi connectivity index (χ0) is 13.9. The van der Waals surface area contributed by atoms with E-state index in [1.807, 2.05) is 23.6 Å². The fraction of sp³-hybridized carbons (Fsp3) is 0.214. The molecule has 0 saturated heterocycles. The number of nitriles is 1. The summed E-state index contributed by atoms with van der Waals surface area (Å²) in [7, 11) is 0. The molecule has 0 fully saturated rings. The molecule has 0 bridgehead atoms. The molecule has 102 valence electrons. The van der Waals surface area contributed by atoms with Gasteiger partial charge in [-0.05, 0) is 22.0 Å². The predicted molar refractivity (Wildman–Crippen MR) is 81.5 cm³/mol. The van der Waals surface area contributed by atoms with E-state index < -0.39 is 0 Å². The summed E-state index contributed by atoms with van der Waals surface area (Å²) in [5, 5.41) is 14.0. The lowest BCUT2D eigenvalue weighted by Crippen LogP contribution is -2.15. The molecule has 1 aromatic carbocycles. The van der Waals surface area contributed by atoms with Crippen LogP contribution in [0.3, 0.4) is 0 Å². The summed E-state index contributed by atoms with van der Waals surface area (Å²) in [6.45, 7) is 1.83. The minimum Gasteiger partial charge on any atom is -0.486 e. The summed E-state index contributed by atoms with van der Waals surface area (Å²) in [5.41, 5.74) is 1.65. The largest absolute Gasteiger partial charge is 0.486 e. The lowest BCUT2D eigenvalue weighted by Gasteiger charge is -2.20. The summed E-state index contributed by atoms with van der Waals surface area (Å²) >= 11 is 5.09. The zero-order valence-electron chi connectivity index (χ0n) is 10.5. The number of rotatable bonds is 3. The highest BCUT2D eigenvalue weighted by Gasteiger charge is 2.14. The van der Waals surface area contributed by atoms with Crippen LogP contribution in [0.2, 0.25) is 0 Å². The average molecular weight is 351 g/mol. The van der Waals surface area contributed by atoms with Crippen molar-refractivity contribution in [2.24, 2.45) is 0 Å². The van der Waals surface area contributed by atoms with E-state index in [0.717, 1.165) is 26.5 Å². The molecule has 0 saturated carbocycles. The maximum absolute atomic E-state index is 8.81. The van der Waals surface area contributed by atoms with Crippen LogP contribution in [0.5, 0.6) is 11.5 Å². The highest BCUT2D eigenvalue weighted by atomic mass is 79.9. The summed E-state index contributed by atoms with van der Waals surface area (Å²) in [5.74, 6) is 1.52. The highest BCUT2D eigenvalue weighted by molar-refractivity contribution is 9.10. The second-order valence-corrected chi connectivity index (χ2v) is 6.09. The van der Waals surface area contributed by atoms with Crippen molar-refractivity contribution in [3.8, 4) is 17.6 Å². The monoisotopic (exact) mass is 350 g/mol. The van der Waals surface area contributed by atoms with E-state index in [1.165, 1.54) is 0 Å². The first kappa shape index (κ1) is 13.3. The molecule has 6 heteroatoms. The van der Waals surface area contributed by atoms with Gasteiger partial charge >= 0.3 is 0 Å². The molecule has 1 aliphatic rings. The molecular weight excluding hydrogens is 340 g/mol. The van der Waals surface area contributed by atoms with Crippen molar-refractivity contribution in [1.82, 2.24) is 0 Å². The molecule has 0 atom stereocenters. The molecule has 2 heterocycles. The van der Waals surface area contributed by atoms with Crippen molar-refractivity contribution < 1.29 is 9.47 Å². The number of nitrogens with one attached hydrogen (secondary N) is 1. The minimum atomic E-state index is 0.574. The van der Waals surface area contributed by atoms with Crippen molar-refractivity contribution in [2.75, 3.05) is 18.5 Å². The molecule has 0 radical (unpaired) electrons. The van der Waals surface area contributed by atoms with Gasteiger partial charge in [-0.25, -0.2) is 0 Å². The molecule has 1 aliphatic heterocycles. The number of fused-ring (bicyclic) bond motifs is 1. The molecule has 3 rings (SSSR count). The molecule has 0 amide bonds. The number of benzene rings is 1. The van der Waals surface area contributed by atoms with E-state index in [0.29, 0.717) is 25.3 Å². The number of thiophene rings is 1. The van der Waals surface area contributed by atoms with Crippen LogP contribution >= 0.6 is 27.3 Å². The van der Waals surface area contributed by atoms with Gasteiger partial charge in [-0.15, -0.1) is 11.3 Å². The fourth-order valence-electron chi connectivity index (χ4n) is 1.91. The van der Waals surface area contributed by atoms with Crippen LogP contribution in [0.15, 0.2) is 28.1 Å². The van der Waals surface area contributed by atoms with Gasteiger partial charge in [-0.3, -0.25) is 0 Å². The van der Waals surface area contributed by atoms with Crippen LogP contribution in [0.4, 0.5) is 5.69 Å². The molecular formula is C14H11BrN2O2S. The Bertz CT molecular complexity index is 678. The highest BCUT2D eigenvalue weighted by Crippen LogP contribution is 2.38. The van der Waals surface area contributed by atoms with E-state index >= 15 is 0 Å². The third-order valence-electron chi connectivity index (χ3n) is 2.87. The average Bonchev–Trinajstić information content (AvgIpc) is 2.93. The van der Waals surface area contributed by atoms with E-state index in [9.17, 15) is 0 Å². The fourth-order valence-corrected chi connectivity index (χ4v) is 3.13. The Morgan fingerprint density at radius 3 is 2.70 bits per heavy atom. The number of halogens is 1. The Hall–Kier alpha value is -1.71. The molecule has 1 N–H and O–H groups in total. The Labute approximate surface area is 129 Å². The Morgan fingerprint density at radius 2 is 2.00 bits per heavy atom. The van der Waals surface area contributed by atoms with Gasteiger partial charge in [0.1, 0.15) is 19.3 Å². The topological polar surface area (TPSA) is 54.3 Å². The molecule has 0 unspecified atom stereocenters. The lowest BCUT2D eigenvalue weighted by atomic mass is 10.2. The van der Waals surface area contributed by atoms with Gasteiger partial charge in [-0.2, -0.15) is 5.26 Å². The van der Waals surface area contributed by atoms with Crippen molar-refractivity contribution in [3.05, 3.63) is 38.5 Å². The minimum absolute atomic E-state index is 0.574. The van der Waals surface area contributed by atoms with E-state index in [2.05, 4.69) is 27.3 Å². The number of hydrogen-bond donors (Lipinski definition) is 1. The normalized spacial score (nSPS) is 12.8. The maximum atomic E-state index is 8.81. The van der Waals surface area contributed by atoms with Crippen LogP contribution in [-0.4, -0.2) is 13.2 Å². The van der Waals surface area contributed by atoms with Gasteiger partial charge in [0.2, 0.25) is 0 Å². The summed E-state index contributed by atoms with van der Waals surface area (Å²) < 4.78 is 12.0. The summed E-state index contributed by atoms with van der Waals surface area (Å²) in [4.78, 5) is 1.11. The quantitative estimate of drug-likeness (QED) is 0.915. The van der Waals surface area contributed by atoms with Gasteiger partial charge < -0.3 is 14.8 Å². The van der Waals surface area contributed by atoms with Gasteiger partial charge in [0.25, 0.3) is 0 Å². The molecule has 1 aromatic heterocycles. The van der Waals surface area contributed by atoms with Crippen LogP contribution in [-0.2, 0) is 6.54 Å². The smallest absolute Gasteiger partial charge is 0.163 e. The first-order valence-corrected chi connectivity index (χ1v) is 7.74.